The molecular weight excluding hydrogens is 511 g/mol. The molecule has 10 heteroatoms. The fraction of sp³-hybridized carbons (Fsp3) is 0.200. The first-order valence-corrected chi connectivity index (χ1v) is 12.6. The number of nitrogens with two attached hydrogens (primary N) is 1. The van der Waals surface area contributed by atoms with Crippen LogP contribution in [0.5, 0.6) is 11.5 Å². The number of methoxy groups -OCH3 is 2. The number of nitrogens with zero attached hydrogens (tertiary/aromatic N) is 5. The van der Waals surface area contributed by atoms with Crippen LogP contribution in [-0.4, -0.2) is 54.6 Å². The summed E-state index contributed by atoms with van der Waals surface area (Å²) in [4.78, 5) is 25.9. The van der Waals surface area contributed by atoms with Crippen LogP contribution in [0.25, 0.3) is 17.0 Å². The number of carbonyl (C=O) groups is 1. The number of hydrogen-bond acceptors (Lipinski definition) is 8. The van der Waals surface area contributed by atoms with Gasteiger partial charge in [0.25, 0.3) is 0 Å². The molecule has 4 aromatic rings. The van der Waals surface area contributed by atoms with Gasteiger partial charge in [-0.05, 0) is 35.4 Å². The number of aromatic nitrogens is 2. The average molecular weight is 539 g/mol. The molecule has 2 N–H and O–H groups in total. The van der Waals surface area contributed by atoms with E-state index in [0.717, 1.165) is 11.1 Å². The van der Waals surface area contributed by atoms with Crippen LogP contribution in [0, 0.1) is 17.1 Å². The smallest absolute Gasteiger partial charge is 0.246 e. The Kier molecular flexibility index (Phi) is 7.46. The molecule has 5 rings (SSSR count). The van der Waals surface area contributed by atoms with Gasteiger partial charge in [-0.25, -0.2) is 9.37 Å². The SMILES string of the molecule is COc1cc2c(N)nc(N3CCN(C(=O)C=Cc4ccc(C#N)cc4)C[C@@H]3c3ccccc3)nc2c(F)c1OC. The Morgan fingerprint density at radius 3 is 2.52 bits per heavy atom. The highest BCUT2D eigenvalue weighted by Crippen LogP contribution is 2.38. The maximum atomic E-state index is 15.5. The average Bonchev–Trinajstić information content (AvgIpc) is 3.00. The summed E-state index contributed by atoms with van der Waals surface area (Å²) in [6, 6.07) is 20.0. The molecule has 3 aromatic carbocycles. The zero-order chi connectivity index (χ0) is 28.2. The molecule has 1 aliphatic rings. The molecule has 1 aliphatic heterocycles. The fourth-order valence-electron chi connectivity index (χ4n) is 4.79. The first-order valence-electron chi connectivity index (χ1n) is 12.6. The van der Waals surface area contributed by atoms with E-state index in [-0.39, 0.29) is 40.7 Å². The lowest BCUT2D eigenvalue weighted by Crippen LogP contribution is -2.50. The van der Waals surface area contributed by atoms with Crippen LogP contribution < -0.4 is 20.1 Å². The molecule has 0 unspecified atom stereocenters. The number of nitrogen functional groups attached to an aromatic ring is 1. The molecule has 1 fully saturated rings. The number of anilines is 2. The van der Waals surface area contributed by atoms with Crippen LogP contribution in [0.15, 0.2) is 66.7 Å². The lowest BCUT2D eigenvalue weighted by atomic mass is 10.0. The van der Waals surface area contributed by atoms with Gasteiger partial charge in [0, 0.05) is 31.1 Å². The second-order valence-corrected chi connectivity index (χ2v) is 9.20. The van der Waals surface area contributed by atoms with E-state index in [1.165, 1.54) is 20.3 Å². The highest BCUT2D eigenvalue weighted by Gasteiger charge is 2.32. The summed E-state index contributed by atoms with van der Waals surface area (Å²) >= 11 is 0. The number of rotatable bonds is 6. The number of piperazine rings is 1. The van der Waals surface area contributed by atoms with Crippen molar-refractivity contribution in [1.29, 1.82) is 5.26 Å². The van der Waals surface area contributed by atoms with Crippen molar-refractivity contribution in [2.75, 3.05) is 44.5 Å². The van der Waals surface area contributed by atoms with Gasteiger partial charge >= 0.3 is 0 Å². The van der Waals surface area contributed by atoms with E-state index in [9.17, 15) is 4.79 Å². The second-order valence-electron chi connectivity index (χ2n) is 9.20. The maximum absolute atomic E-state index is 15.5. The summed E-state index contributed by atoms with van der Waals surface area (Å²) < 4.78 is 25.9. The lowest BCUT2D eigenvalue weighted by Gasteiger charge is -2.41. The summed E-state index contributed by atoms with van der Waals surface area (Å²) in [5, 5.41) is 9.30. The van der Waals surface area contributed by atoms with Crippen molar-refractivity contribution < 1.29 is 18.7 Å². The quantitative estimate of drug-likeness (QED) is 0.360. The minimum atomic E-state index is -0.690. The maximum Gasteiger partial charge on any atom is 0.246 e. The Labute approximate surface area is 230 Å². The Morgan fingerprint density at radius 2 is 1.85 bits per heavy atom. The highest BCUT2D eigenvalue weighted by atomic mass is 19.1. The van der Waals surface area contributed by atoms with Crippen molar-refractivity contribution in [1.82, 2.24) is 14.9 Å². The van der Waals surface area contributed by atoms with E-state index < -0.39 is 5.82 Å². The molecular formula is C30H27FN6O3. The number of hydrogen-bond donors (Lipinski definition) is 1. The van der Waals surface area contributed by atoms with Crippen molar-refractivity contribution in [3.63, 3.8) is 0 Å². The van der Waals surface area contributed by atoms with E-state index in [2.05, 4.69) is 16.0 Å². The fourth-order valence-corrected chi connectivity index (χ4v) is 4.79. The molecule has 1 saturated heterocycles. The predicted octanol–water partition coefficient (Wildman–Crippen LogP) is 4.34. The zero-order valence-electron chi connectivity index (χ0n) is 22.0. The van der Waals surface area contributed by atoms with Gasteiger partial charge in [0.1, 0.15) is 11.3 Å². The number of carbonyl (C=O) groups excluding carboxylic acids is 1. The third-order valence-corrected chi connectivity index (χ3v) is 6.89. The Hall–Kier alpha value is -5.17. The molecule has 1 atom stereocenters. The van der Waals surface area contributed by atoms with E-state index in [4.69, 9.17) is 20.5 Å². The molecule has 1 aromatic heterocycles. The van der Waals surface area contributed by atoms with Crippen LogP contribution in [0.4, 0.5) is 16.2 Å². The molecule has 1 amide bonds. The number of benzene rings is 3. The third kappa shape index (κ3) is 5.09. The number of halogens is 1. The number of nitriles is 1. The van der Waals surface area contributed by atoms with Gasteiger partial charge in [-0.3, -0.25) is 4.79 Å². The van der Waals surface area contributed by atoms with Gasteiger partial charge in [0.15, 0.2) is 17.3 Å². The number of ether oxygens (including phenoxy) is 2. The summed E-state index contributed by atoms with van der Waals surface area (Å²) in [6.45, 7) is 1.15. The van der Waals surface area contributed by atoms with E-state index in [1.807, 2.05) is 35.2 Å². The molecule has 0 bridgehead atoms. The van der Waals surface area contributed by atoms with Gasteiger partial charge in [0.2, 0.25) is 11.9 Å². The monoisotopic (exact) mass is 538 g/mol. The summed E-state index contributed by atoms with van der Waals surface area (Å²) in [7, 11) is 2.77. The first kappa shape index (κ1) is 26.4. The third-order valence-electron chi connectivity index (χ3n) is 6.89. The molecule has 9 nitrogen and oxygen atoms in total. The van der Waals surface area contributed by atoms with Crippen molar-refractivity contribution in [3.8, 4) is 17.6 Å². The Bertz CT molecular complexity index is 1620. The second kappa shape index (κ2) is 11.3. The normalized spacial score (nSPS) is 15.3. The van der Waals surface area contributed by atoms with Gasteiger partial charge in [-0.2, -0.15) is 10.2 Å². The largest absolute Gasteiger partial charge is 0.493 e. The van der Waals surface area contributed by atoms with Crippen LogP contribution in [-0.2, 0) is 4.79 Å². The Morgan fingerprint density at radius 1 is 1.10 bits per heavy atom. The first-order chi connectivity index (χ1) is 19.4. The van der Waals surface area contributed by atoms with Crippen LogP contribution in [0.2, 0.25) is 0 Å². The minimum absolute atomic E-state index is 0.0239. The zero-order valence-corrected chi connectivity index (χ0v) is 22.0. The van der Waals surface area contributed by atoms with Crippen molar-refractivity contribution in [3.05, 3.63) is 89.2 Å². The standard InChI is InChI=1S/C30H27FN6O3/c1-39-24-16-22-27(26(31)28(24)40-2)34-30(35-29(22)33)37-15-14-36(18-23(37)21-6-4-3-5-7-21)25(38)13-12-19-8-10-20(17-32)11-9-19/h3-13,16,23H,14-15,18H2,1-2H3,(H2,33,34,35)/t23-/m1/s1. The summed E-state index contributed by atoms with van der Waals surface area (Å²) in [5.74, 6) is -0.347. The molecule has 0 saturated carbocycles. The molecule has 202 valence electrons. The van der Waals surface area contributed by atoms with Gasteiger partial charge in [0.05, 0.1) is 31.9 Å². The van der Waals surface area contributed by atoms with Gasteiger partial charge < -0.3 is 25.0 Å². The summed E-state index contributed by atoms with van der Waals surface area (Å²) in [6.07, 6.45) is 3.25. The molecule has 2 heterocycles. The predicted molar refractivity (Wildman–Crippen MR) is 150 cm³/mol. The van der Waals surface area contributed by atoms with Crippen molar-refractivity contribution >= 4 is 34.7 Å². The van der Waals surface area contributed by atoms with E-state index in [1.54, 1.807) is 41.3 Å². The van der Waals surface area contributed by atoms with Gasteiger partial charge in [-0.15, -0.1) is 0 Å². The Balaban J connectivity index is 1.47. The van der Waals surface area contributed by atoms with E-state index >= 15 is 4.39 Å². The number of amides is 1. The highest BCUT2D eigenvalue weighted by molar-refractivity contribution is 5.93. The van der Waals surface area contributed by atoms with Crippen LogP contribution in [0.1, 0.15) is 22.7 Å². The van der Waals surface area contributed by atoms with E-state index in [0.29, 0.717) is 30.6 Å². The van der Waals surface area contributed by atoms with Gasteiger partial charge in [-0.1, -0.05) is 42.5 Å². The topological polar surface area (TPSA) is 118 Å². The van der Waals surface area contributed by atoms with Crippen molar-refractivity contribution in [2.45, 2.75) is 6.04 Å². The molecule has 40 heavy (non-hydrogen) atoms. The minimum Gasteiger partial charge on any atom is -0.493 e. The summed E-state index contributed by atoms with van der Waals surface area (Å²) in [5.41, 5.74) is 8.64. The van der Waals surface area contributed by atoms with Crippen molar-refractivity contribution in [2.24, 2.45) is 0 Å². The molecule has 0 radical (unpaired) electrons. The van der Waals surface area contributed by atoms with Crippen LogP contribution >= 0.6 is 0 Å². The molecule has 0 spiro atoms. The lowest BCUT2D eigenvalue weighted by molar-refractivity contribution is -0.126. The molecule has 0 aliphatic carbocycles. The van der Waals surface area contributed by atoms with Crippen LogP contribution in [0.3, 0.4) is 0 Å². The number of fused-ring (bicyclic) bond motifs is 1.